The minimum Gasteiger partial charge on any atom is -0.323 e. The summed E-state index contributed by atoms with van der Waals surface area (Å²) < 4.78 is 25.6. The molecule has 0 atom stereocenters. The summed E-state index contributed by atoms with van der Waals surface area (Å²) >= 11 is 0. The lowest BCUT2D eigenvalue weighted by molar-refractivity contribution is 0.146. The van der Waals surface area contributed by atoms with Crippen LogP contribution in [0.5, 0.6) is 0 Å². The van der Waals surface area contributed by atoms with E-state index in [-0.39, 0.29) is 16.7 Å². The Bertz CT molecular complexity index is 351. The molecule has 0 spiro atoms. The molecule has 0 amide bonds. The Morgan fingerprint density at radius 3 is 2.24 bits per heavy atom. The van der Waals surface area contributed by atoms with Crippen LogP contribution >= 0.6 is 0 Å². The fourth-order valence-electron chi connectivity index (χ4n) is 2.07. The first-order valence-corrected chi connectivity index (χ1v) is 7.96. The number of rotatable bonds is 5. The Morgan fingerprint density at radius 2 is 1.82 bits per heavy atom. The number of hydrogen-bond acceptors (Lipinski definition) is 3. The fourth-order valence-corrected chi connectivity index (χ4v) is 4.11. The standard InChI is InChI=1S/C12H26N2O2S/c1-5-6-12(13)9-14(10-12)17(15,16)8-7-11(2,3)4/h5-10,13H2,1-4H3. The first-order chi connectivity index (χ1) is 7.58. The Balaban J connectivity index is 2.47. The molecule has 1 saturated heterocycles. The molecule has 1 rings (SSSR count). The molecule has 0 aromatic carbocycles. The first-order valence-electron chi connectivity index (χ1n) is 6.35. The van der Waals surface area contributed by atoms with E-state index < -0.39 is 10.0 Å². The lowest BCUT2D eigenvalue weighted by Crippen LogP contribution is -2.68. The lowest BCUT2D eigenvalue weighted by atomic mass is 9.89. The smallest absolute Gasteiger partial charge is 0.214 e. The molecular formula is C12H26N2O2S. The van der Waals surface area contributed by atoms with Gasteiger partial charge in [0.15, 0.2) is 0 Å². The summed E-state index contributed by atoms with van der Waals surface area (Å²) in [6, 6.07) is 0. The Labute approximate surface area is 106 Å². The molecular weight excluding hydrogens is 236 g/mol. The molecule has 5 heteroatoms. The van der Waals surface area contributed by atoms with Gasteiger partial charge in [0.2, 0.25) is 10.0 Å². The third kappa shape index (κ3) is 4.23. The van der Waals surface area contributed by atoms with E-state index in [0.29, 0.717) is 19.5 Å². The average Bonchev–Trinajstić information content (AvgIpc) is 2.10. The normalized spacial score (nSPS) is 21.2. The highest BCUT2D eigenvalue weighted by Crippen LogP contribution is 2.28. The summed E-state index contributed by atoms with van der Waals surface area (Å²) in [5.74, 6) is 0.235. The van der Waals surface area contributed by atoms with Gasteiger partial charge in [0.1, 0.15) is 0 Å². The third-order valence-corrected chi connectivity index (χ3v) is 5.00. The van der Waals surface area contributed by atoms with E-state index in [1.54, 1.807) is 0 Å². The van der Waals surface area contributed by atoms with Crippen LogP contribution in [-0.4, -0.2) is 37.1 Å². The van der Waals surface area contributed by atoms with Crippen LogP contribution in [0.3, 0.4) is 0 Å². The predicted octanol–water partition coefficient (Wildman–Crippen LogP) is 1.57. The zero-order valence-corrected chi connectivity index (χ0v) is 12.3. The van der Waals surface area contributed by atoms with E-state index >= 15 is 0 Å². The fraction of sp³-hybridized carbons (Fsp3) is 1.00. The van der Waals surface area contributed by atoms with Crippen LogP contribution in [0.25, 0.3) is 0 Å². The SMILES string of the molecule is CCCC1(N)CN(S(=O)(=O)CCC(C)(C)C)C1. The van der Waals surface area contributed by atoms with Crippen molar-refractivity contribution in [3.05, 3.63) is 0 Å². The summed E-state index contributed by atoms with van der Waals surface area (Å²) in [6.07, 6.45) is 2.60. The topological polar surface area (TPSA) is 63.4 Å². The van der Waals surface area contributed by atoms with Crippen molar-refractivity contribution in [2.75, 3.05) is 18.8 Å². The molecule has 1 fully saturated rings. The van der Waals surface area contributed by atoms with E-state index in [1.807, 2.05) is 0 Å². The zero-order chi connectivity index (χ0) is 13.3. The van der Waals surface area contributed by atoms with Crippen LogP contribution < -0.4 is 5.73 Å². The molecule has 2 N–H and O–H groups in total. The number of nitrogens with zero attached hydrogens (tertiary/aromatic N) is 1. The molecule has 4 nitrogen and oxygen atoms in total. The van der Waals surface area contributed by atoms with Gasteiger partial charge in [0.25, 0.3) is 0 Å². The van der Waals surface area contributed by atoms with Crippen molar-refractivity contribution < 1.29 is 8.42 Å². The molecule has 0 radical (unpaired) electrons. The van der Waals surface area contributed by atoms with Gasteiger partial charge in [0, 0.05) is 18.6 Å². The second kappa shape index (κ2) is 4.86. The number of nitrogens with two attached hydrogens (primary N) is 1. The van der Waals surface area contributed by atoms with Gasteiger partial charge in [-0.15, -0.1) is 0 Å². The van der Waals surface area contributed by atoms with Crippen LogP contribution in [0.1, 0.15) is 47.0 Å². The molecule has 0 aromatic rings. The monoisotopic (exact) mass is 262 g/mol. The minimum atomic E-state index is -3.09. The molecule has 17 heavy (non-hydrogen) atoms. The van der Waals surface area contributed by atoms with Crippen LogP contribution in [-0.2, 0) is 10.0 Å². The number of hydrogen-bond donors (Lipinski definition) is 1. The van der Waals surface area contributed by atoms with E-state index in [9.17, 15) is 8.42 Å². The van der Waals surface area contributed by atoms with Crippen molar-refractivity contribution in [1.29, 1.82) is 0 Å². The molecule has 1 aliphatic heterocycles. The molecule has 0 saturated carbocycles. The van der Waals surface area contributed by atoms with Crippen molar-refractivity contribution in [3.63, 3.8) is 0 Å². The van der Waals surface area contributed by atoms with Gasteiger partial charge in [0.05, 0.1) is 5.75 Å². The summed E-state index contributed by atoms with van der Waals surface area (Å²) in [5, 5.41) is 0. The summed E-state index contributed by atoms with van der Waals surface area (Å²) in [6.45, 7) is 9.24. The van der Waals surface area contributed by atoms with E-state index in [2.05, 4.69) is 27.7 Å². The van der Waals surface area contributed by atoms with Crippen molar-refractivity contribution >= 4 is 10.0 Å². The predicted molar refractivity (Wildman–Crippen MR) is 71.3 cm³/mol. The molecule has 0 bridgehead atoms. The highest BCUT2D eigenvalue weighted by Gasteiger charge is 2.44. The van der Waals surface area contributed by atoms with E-state index in [1.165, 1.54) is 4.31 Å². The molecule has 1 aliphatic rings. The Hall–Kier alpha value is -0.130. The van der Waals surface area contributed by atoms with Crippen LogP contribution in [0.2, 0.25) is 0 Å². The summed E-state index contributed by atoms with van der Waals surface area (Å²) in [5.41, 5.74) is 5.86. The summed E-state index contributed by atoms with van der Waals surface area (Å²) in [4.78, 5) is 0. The van der Waals surface area contributed by atoms with Crippen LogP contribution in [0, 0.1) is 5.41 Å². The maximum absolute atomic E-state index is 12.0. The Kier molecular flexibility index (Phi) is 4.27. The summed E-state index contributed by atoms with van der Waals surface area (Å²) in [7, 11) is -3.09. The third-order valence-electron chi connectivity index (χ3n) is 3.23. The van der Waals surface area contributed by atoms with Crippen molar-refractivity contribution in [3.8, 4) is 0 Å². The van der Waals surface area contributed by atoms with Gasteiger partial charge in [-0.1, -0.05) is 34.1 Å². The van der Waals surface area contributed by atoms with Gasteiger partial charge < -0.3 is 5.73 Å². The maximum Gasteiger partial charge on any atom is 0.214 e. The molecule has 1 heterocycles. The molecule has 0 unspecified atom stereocenters. The van der Waals surface area contributed by atoms with Gasteiger partial charge in [-0.3, -0.25) is 0 Å². The van der Waals surface area contributed by atoms with Gasteiger partial charge in [-0.2, -0.15) is 4.31 Å². The Morgan fingerprint density at radius 1 is 1.29 bits per heavy atom. The van der Waals surface area contributed by atoms with Crippen LogP contribution in [0.15, 0.2) is 0 Å². The quantitative estimate of drug-likeness (QED) is 0.818. The second-order valence-corrected chi connectivity index (χ2v) is 8.60. The van der Waals surface area contributed by atoms with Crippen molar-refractivity contribution in [2.24, 2.45) is 11.1 Å². The highest BCUT2D eigenvalue weighted by molar-refractivity contribution is 7.89. The van der Waals surface area contributed by atoms with E-state index in [4.69, 9.17) is 5.73 Å². The highest BCUT2D eigenvalue weighted by atomic mass is 32.2. The first kappa shape index (κ1) is 14.9. The average molecular weight is 262 g/mol. The second-order valence-electron chi connectivity index (χ2n) is 6.51. The minimum absolute atomic E-state index is 0.0567. The number of sulfonamides is 1. The maximum atomic E-state index is 12.0. The van der Waals surface area contributed by atoms with E-state index in [0.717, 1.165) is 12.8 Å². The van der Waals surface area contributed by atoms with Crippen molar-refractivity contribution in [2.45, 2.75) is 52.5 Å². The van der Waals surface area contributed by atoms with Gasteiger partial charge in [-0.25, -0.2) is 8.42 Å². The molecule has 0 aromatic heterocycles. The van der Waals surface area contributed by atoms with Gasteiger partial charge >= 0.3 is 0 Å². The lowest BCUT2D eigenvalue weighted by Gasteiger charge is -2.46. The molecule has 0 aliphatic carbocycles. The van der Waals surface area contributed by atoms with Crippen LogP contribution in [0.4, 0.5) is 0 Å². The van der Waals surface area contributed by atoms with Gasteiger partial charge in [-0.05, 0) is 18.3 Å². The zero-order valence-electron chi connectivity index (χ0n) is 11.5. The molecule has 102 valence electrons. The van der Waals surface area contributed by atoms with Crippen molar-refractivity contribution in [1.82, 2.24) is 4.31 Å². The largest absolute Gasteiger partial charge is 0.323 e.